The maximum atomic E-state index is 13.8. The third-order valence-corrected chi connectivity index (χ3v) is 5.82. The molecule has 31 heavy (non-hydrogen) atoms. The lowest BCUT2D eigenvalue weighted by molar-refractivity contribution is -0.142. The number of benzene rings is 1. The van der Waals surface area contributed by atoms with E-state index >= 15 is 0 Å². The number of piperidine rings is 1. The second kappa shape index (κ2) is 8.03. The van der Waals surface area contributed by atoms with Crippen LogP contribution in [0.15, 0.2) is 30.3 Å². The first kappa shape index (κ1) is 21.4. The molecular formula is C21H20ClF3N4O2. The lowest BCUT2D eigenvalue weighted by Crippen LogP contribution is -2.42. The predicted octanol–water partition coefficient (Wildman–Crippen LogP) is 5.09. The lowest BCUT2D eigenvalue weighted by atomic mass is 10.0. The Balaban J connectivity index is 1.86. The number of amides is 1. The molecule has 3 aromatic rings. The Morgan fingerprint density at radius 3 is 2.55 bits per heavy atom. The van der Waals surface area contributed by atoms with Crippen LogP contribution >= 0.6 is 11.6 Å². The molecule has 2 aromatic heterocycles. The van der Waals surface area contributed by atoms with Crippen molar-refractivity contribution >= 4 is 23.2 Å². The van der Waals surface area contributed by atoms with Crippen molar-refractivity contribution in [3.63, 3.8) is 0 Å². The van der Waals surface area contributed by atoms with Crippen LogP contribution < -0.4 is 4.74 Å². The Labute approximate surface area is 181 Å². The molecule has 1 aliphatic heterocycles. The van der Waals surface area contributed by atoms with E-state index in [4.69, 9.17) is 16.3 Å². The minimum Gasteiger partial charge on any atom is -0.497 e. The first-order valence-electron chi connectivity index (χ1n) is 9.82. The number of nitrogens with zero attached hydrogens (tertiary/aromatic N) is 4. The van der Waals surface area contributed by atoms with E-state index in [1.165, 1.54) is 7.11 Å². The van der Waals surface area contributed by atoms with E-state index < -0.39 is 17.8 Å². The molecule has 0 spiro atoms. The molecule has 4 rings (SSSR count). The van der Waals surface area contributed by atoms with Gasteiger partial charge in [-0.2, -0.15) is 18.3 Å². The number of rotatable bonds is 3. The second-order valence-corrected chi connectivity index (χ2v) is 7.87. The summed E-state index contributed by atoms with van der Waals surface area (Å²) in [6.07, 6.45) is -2.08. The SMILES string of the molecule is COc1ccc(-c2cc(C(F)(F)F)n3nc(C(=O)N4CCCC[C@H]4C)c(Cl)c3n2)cc1. The molecule has 0 unspecified atom stereocenters. The first-order valence-corrected chi connectivity index (χ1v) is 10.2. The number of methoxy groups -OCH3 is 1. The zero-order valence-corrected chi connectivity index (χ0v) is 17.7. The Bertz CT molecular complexity index is 1130. The molecule has 0 bridgehead atoms. The Morgan fingerprint density at radius 1 is 1.23 bits per heavy atom. The minimum atomic E-state index is -4.73. The van der Waals surface area contributed by atoms with Gasteiger partial charge < -0.3 is 9.64 Å². The van der Waals surface area contributed by atoms with Gasteiger partial charge in [0, 0.05) is 18.2 Å². The van der Waals surface area contributed by atoms with Gasteiger partial charge in [-0.1, -0.05) is 11.6 Å². The number of halogens is 4. The van der Waals surface area contributed by atoms with Crippen LogP contribution in [0.4, 0.5) is 13.2 Å². The molecule has 6 nitrogen and oxygen atoms in total. The highest BCUT2D eigenvalue weighted by Gasteiger charge is 2.37. The minimum absolute atomic E-state index is 0.0352. The molecule has 0 radical (unpaired) electrons. The number of carbonyl (C=O) groups excluding carboxylic acids is 1. The quantitative estimate of drug-likeness (QED) is 0.555. The molecule has 1 fully saturated rings. The molecule has 1 aliphatic rings. The van der Waals surface area contributed by atoms with E-state index in [1.807, 2.05) is 6.92 Å². The highest BCUT2D eigenvalue weighted by molar-refractivity contribution is 6.36. The molecule has 1 atom stereocenters. The van der Waals surface area contributed by atoms with Crippen LogP contribution in [0.25, 0.3) is 16.9 Å². The topological polar surface area (TPSA) is 59.7 Å². The summed E-state index contributed by atoms with van der Waals surface area (Å²) in [5, 5.41) is 3.75. The van der Waals surface area contributed by atoms with E-state index in [2.05, 4.69) is 10.1 Å². The van der Waals surface area contributed by atoms with Gasteiger partial charge in [0.05, 0.1) is 12.8 Å². The summed E-state index contributed by atoms with van der Waals surface area (Å²) in [4.78, 5) is 18.9. The molecule has 10 heteroatoms. The van der Waals surface area contributed by atoms with Crippen LogP contribution in [0, 0.1) is 0 Å². The molecular weight excluding hydrogens is 433 g/mol. The van der Waals surface area contributed by atoms with Crippen molar-refractivity contribution in [2.75, 3.05) is 13.7 Å². The lowest BCUT2D eigenvalue weighted by Gasteiger charge is -2.32. The molecule has 0 aliphatic carbocycles. The first-order chi connectivity index (χ1) is 14.7. The van der Waals surface area contributed by atoms with Crippen LogP contribution in [-0.2, 0) is 6.18 Å². The number of likely N-dealkylation sites (tertiary alicyclic amines) is 1. The van der Waals surface area contributed by atoms with Gasteiger partial charge in [-0.05, 0) is 56.5 Å². The zero-order valence-electron chi connectivity index (χ0n) is 16.9. The fourth-order valence-electron chi connectivity index (χ4n) is 3.78. The third kappa shape index (κ3) is 3.94. The maximum absolute atomic E-state index is 13.8. The van der Waals surface area contributed by atoms with Crippen molar-refractivity contribution in [3.8, 4) is 17.0 Å². The van der Waals surface area contributed by atoms with Crippen LogP contribution in [0.5, 0.6) is 5.75 Å². The Kier molecular flexibility index (Phi) is 5.55. The Morgan fingerprint density at radius 2 is 1.94 bits per heavy atom. The normalized spacial score (nSPS) is 17.2. The van der Waals surface area contributed by atoms with E-state index in [-0.39, 0.29) is 28.1 Å². The molecule has 0 saturated carbocycles. The maximum Gasteiger partial charge on any atom is 0.433 e. The summed E-state index contributed by atoms with van der Waals surface area (Å²) in [7, 11) is 1.49. The Hall–Kier alpha value is -2.81. The van der Waals surface area contributed by atoms with Gasteiger partial charge in [0.15, 0.2) is 17.0 Å². The van der Waals surface area contributed by atoms with Gasteiger partial charge in [0.1, 0.15) is 10.8 Å². The van der Waals surface area contributed by atoms with Gasteiger partial charge in [-0.15, -0.1) is 0 Å². The highest BCUT2D eigenvalue weighted by Crippen LogP contribution is 2.35. The fourth-order valence-corrected chi connectivity index (χ4v) is 4.02. The number of alkyl halides is 3. The van der Waals surface area contributed by atoms with Crippen LogP contribution in [0.2, 0.25) is 5.02 Å². The van der Waals surface area contributed by atoms with Gasteiger partial charge in [0.25, 0.3) is 5.91 Å². The van der Waals surface area contributed by atoms with Crippen molar-refractivity contribution in [2.24, 2.45) is 0 Å². The molecule has 164 valence electrons. The number of hydrogen-bond donors (Lipinski definition) is 0. The van der Waals surface area contributed by atoms with Crippen molar-refractivity contribution < 1.29 is 22.7 Å². The largest absolute Gasteiger partial charge is 0.497 e. The average Bonchev–Trinajstić information content (AvgIpc) is 3.09. The summed E-state index contributed by atoms with van der Waals surface area (Å²) >= 11 is 6.37. The fraction of sp³-hybridized carbons (Fsp3) is 0.381. The number of carbonyl (C=O) groups is 1. The second-order valence-electron chi connectivity index (χ2n) is 7.49. The average molecular weight is 453 g/mol. The molecule has 0 N–H and O–H groups in total. The third-order valence-electron chi connectivity index (χ3n) is 5.48. The predicted molar refractivity (Wildman–Crippen MR) is 109 cm³/mol. The number of ether oxygens (including phenoxy) is 1. The van der Waals surface area contributed by atoms with Crippen molar-refractivity contribution in [1.29, 1.82) is 0 Å². The highest BCUT2D eigenvalue weighted by atomic mass is 35.5. The van der Waals surface area contributed by atoms with Gasteiger partial charge in [-0.25, -0.2) is 9.50 Å². The van der Waals surface area contributed by atoms with E-state index in [0.717, 1.165) is 25.3 Å². The van der Waals surface area contributed by atoms with Gasteiger partial charge in [-0.3, -0.25) is 4.79 Å². The van der Waals surface area contributed by atoms with E-state index in [1.54, 1.807) is 29.2 Å². The van der Waals surface area contributed by atoms with Crippen LogP contribution in [0.3, 0.4) is 0 Å². The summed E-state index contributed by atoms with van der Waals surface area (Å²) in [6, 6.07) is 7.31. The molecule has 1 amide bonds. The molecule has 3 heterocycles. The summed E-state index contributed by atoms with van der Waals surface area (Å²) in [5.74, 6) is 0.0774. The van der Waals surface area contributed by atoms with Crippen molar-refractivity contribution in [1.82, 2.24) is 19.5 Å². The molecule has 1 aromatic carbocycles. The summed E-state index contributed by atoms with van der Waals surface area (Å²) < 4.78 is 47.2. The smallest absolute Gasteiger partial charge is 0.433 e. The number of hydrogen-bond acceptors (Lipinski definition) is 4. The van der Waals surface area contributed by atoms with Crippen LogP contribution in [-0.4, -0.2) is 45.1 Å². The van der Waals surface area contributed by atoms with Gasteiger partial charge >= 0.3 is 6.18 Å². The standard InChI is InChI=1S/C21H20ClF3N4O2/c1-12-5-3-4-10-28(12)20(30)18-17(22)19-26-15(13-6-8-14(31-2)9-7-13)11-16(21(23,24)25)29(19)27-18/h6-9,11-12H,3-5,10H2,1-2H3/t12-/m1/s1. The van der Waals surface area contributed by atoms with E-state index in [9.17, 15) is 18.0 Å². The van der Waals surface area contributed by atoms with Crippen molar-refractivity contribution in [2.45, 2.75) is 38.4 Å². The van der Waals surface area contributed by atoms with Crippen molar-refractivity contribution in [3.05, 3.63) is 46.7 Å². The van der Waals surface area contributed by atoms with Gasteiger partial charge in [0.2, 0.25) is 0 Å². The summed E-state index contributed by atoms with van der Waals surface area (Å²) in [6.45, 7) is 2.42. The van der Waals surface area contributed by atoms with Crippen LogP contribution in [0.1, 0.15) is 42.4 Å². The molecule has 1 saturated heterocycles. The number of aromatic nitrogens is 3. The monoisotopic (exact) mass is 452 g/mol. The zero-order chi connectivity index (χ0) is 22.3. The number of fused-ring (bicyclic) bond motifs is 1. The summed E-state index contributed by atoms with van der Waals surface area (Å²) in [5.41, 5.74) is -0.982. The van der Waals surface area contributed by atoms with E-state index in [0.29, 0.717) is 22.4 Å².